The van der Waals surface area contributed by atoms with Gasteiger partial charge in [-0.25, -0.2) is 13.1 Å². The molecule has 180 valence electrons. The largest absolute Gasteiger partial charge is 0.454 e. The van der Waals surface area contributed by atoms with Crippen LogP contribution in [-0.4, -0.2) is 39.1 Å². The van der Waals surface area contributed by atoms with E-state index in [1.165, 1.54) is 0 Å². The number of amides is 1. The second-order valence-corrected chi connectivity index (χ2v) is 10.6. The lowest BCUT2D eigenvalue weighted by Crippen LogP contribution is -2.33. The summed E-state index contributed by atoms with van der Waals surface area (Å²) in [6, 6.07) is 14.5. The molecule has 34 heavy (non-hydrogen) atoms. The second-order valence-electron chi connectivity index (χ2n) is 8.07. The van der Waals surface area contributed by atoms with Crippen molar-refractivity contribution < 1.29 is 22.7 Å². The molecule has 3 aromatic rings. The molecule has 0 radical (unpaired) electrons. The molecule has 4 rings (SSSR count). The number of hydrogen-bond donors (Lipinski definition) is 1. The fraction of sp³-hybridized carbons (Fsp3) is 0.320. The Balaban J connectivity index is 1.47. The third-order valence-corrected chi connectivity index (χ3v) is 7.78. The Morgan fingerprint density at radius 3 is 2.65 bits per heavy atom. The van der Waals surface area contributed by atoms with Crippen LogP contribution in [0.25, 0.3) is 0 Å². The van der Waals surface area contributed by atoms with E-state index in [1.54, 1.807) is 35.6 Å². The molecular formula is C25H28N2O5S2. The number of thiophene rings is 1. The number of nitrogens with one attached hydrogen (secondary N) is 1. The molecule has 0 saturated carbocycles. The summed E-state index contributed by atoms with van der Waals surface area (Å²) in [5.74, 6) is 1.40. The van der Waals surface area contributed by atoms with E-state index in [-0.39, 0.29) is 17.6 Å². The molecule has 1 aliphatic heterocycles. The number of nitrogens with zero attached hydrogens (tertiary/aromatic N) is 1. The molecule has 0 spiro atoms. The highest BCUT2D eigenvalue weighted by Crippen LogP contribution is 2.36. The van der Waals surface area contributed by atoms with Crippen LogP contribution in [0.5, 0.6) is 11.5 Å². The van der Waals surface area contributed by atoms with Crippen molar-refractivity contribution in [2.75, 3.05) is 19.9 Å². The predicted molar refractivity (Wildman–Crippen MR) is 132 cm³/mol. The maximum Gasteiger partial charge on any atom is 0.240 e. The minimum atomic E-state index is -3.50. The van der Waals surface area contributed by atoms with E-state index < -0.39 is 10.0 Å². The van der Waals surface area contributed by atoms with Crippen LogP contribution in [-0.2, 0) is 34.2 Å². The van der Waals surface area contributed by atoms with Gasteiger partial charge < -0.3 is 14.4 Å². The van der Waals surface area contributed by atoms with Crippen LogP contribution in [0.1, 0.15) is 30.0 Å². The summed E-state index contributed by atoms with van der Waals surface area (Å²) in [7, 11) is -3.50. The minimum Gasteiger partial charge on any atom is -0.454 e. The number of carbonyl (C=O) groups is 1. The van der Waals surface area contributed by atoms with Crippen molar-refractivity contribution in [2.24, 2.45) is 0 Å². The van der Waals surface area contributed by atoms with E-state index in [0.29, 0.717) is 44.0 Å². The van der Waals surface area contributed by atoms with Crippen LogP contribution < -0.4 is 14.2 Å². The van der Waals surface area contributed by atoms with Crippen LogP contribution in [0.4, 0.5) is 0 Å². The highest BCUT2D eigenvalue weighted by molar-refractivity contribution is 7.89. The number of benzene rings is 2. The molecule has 9 heteroatoms. The zero-order chi connectivity index (χ0) is 24.0. The Morgan fingerprint density at radius 2 is 1.91 bits per heavy atom. The minimum absolute atomic E-state index is 0.0258. The number of rotatable bonds is 11. The van der Waals surface area contributed by atoms with E-state index in [4.69, 9.17) is 9.47 Å². The normalized spacial score (nSPS) is 12.6. The number of fused-ring (bicyclic) bond motifs is 1. The Kier molecular flexibility index (Phi) is 7.87. The van der Waals surface area contributed by atoms with E-state index in [9.17, 15) is 13.2 Å². The molecule has 0 fully saturated rings. The molecule has 1 aromatic heterocycles. The third-order valence-electron chi connectivity index (χ3n) is 5.57. The van der Waals surface area contributed by atoms with E-state index in [0.717, 1.165) is 23.1 Å². The molecular weight excluding hydrogens is 472 g/mol. The first-order valence-corrected chi connectivity index (χ1v) is 13.6. The maximum atomic E-state index is 13.2. The third kappa shape index (κ3) is 5.97. The fourth-order valence-electron chi connectivity index (χ4n) is 3.71. The summed E-state index contributed by atoms with van der Waals surface area (Å²) in [6.07, 6.45) is 1.66. The van der Waals surface area contributed by atoms with Gasteiger partial charge in [-0.1, -0.05) is 31.2 Å². The van der Waals surface area contributed by atoms with Gasteiger partial charge in [-0.15, -0.1) is 0 Å². The standard InChI is InChI=1S/C25H28N2O5S2/c1-2-12-26-34(29,30)22-8-6-19(7-9-22)10-13-27(24(28)15-20-11-14-33-17-20)16-21-4-3-5-23-25(21)32-18-31-23/h3-9,11,14,17,26H,2,10,12-13,15-16,18H2,1H3. The Hall–Kier alpha value is -2.88. The molecule has 0 unspecified atom stereocenters. The molecule has 0 saturated heterocycles. The summed E-state index contributed by atoms with van der Waals surface area (Å²) in [6.45, 7) is 3.40. The molecule has 2 heterocycles. The number of carbonyl (C=O) groups excluding carboxylic acids is 1. The van der Waals surface area contributed by atoms with Gasteiger partial charge >= 0.3 is 0 Å². The van der Waals surface area contributed by atoms with Crippen molar-refractivity contribution in [1.82, 2.24) is 9.62 Å². The van der Waals surface area contributed by atoms with E-state index in [2.05, 4.69) is 4.72 Å². The van der Waals surface area contributed by atoms with Crippen LogP contribution in [0, 0.1) is 0 Å². The van der Waals surface area contributed by atoms with Crippen LogP contribution in [0.2, 0.25) is 0 Å². The van der Waals surface area contributed by atoms with Crippen molar-refractivity contribution in [2.45, 2.75) is 37.6 Å². The lowest BCUT2D eigenvalue weighted by molar-refractivity contribution is -0.131. The van der Waals surface area contributed by atoms with Crippen LogP contribution in [0.15, 0.2) is 64.2 Å². The average molecular weight is 501 g/mol. The number of ether oxygens (including phenoxy) is 2. The molecule has 1 N–H and O–H groups in total. The maximum absolute atomic E-state index is 13.2. The van der Waals surface area contributed by atoms with Gasteiger partial charge in [-0.3, -0.25) is 4.79 Å². The molecule has 0 aliphatic carbocycles. The van der Waals surface area contributed by atoms with Crippen molar-refractivity contribution in [3.8, 4) is 11.5 Å². The van der Waals surface area contributed by atoms with E-state index in [1.807, 2.05) is 46.8 Å². The first-order valence-electron chi connectivity index (χ1n) is 11.2. The van der Waals surface area contributed by atoms with Gasteiger partial charge in [-0.05, 0) is 59.0 Å². The molecule has 2 aromatic carbocycles. The zero-order valence-corrected chi connectivity index (χ0v) is 20.7. The van der Waals surface area contributed by atoms with E-state index >= 15 is 0 Å². The Bertz CT molecular complexity index is 1210. The number of para-hydroxylation sites is 1. The van der Waals surface area contributed by atoms with Gasteiger partial charge in [0.1, 0.15) is 0 Å². The lowest BCUT2D eigenvalue weighted by Gasteiger charge is -2.23. The fourth-order valence-corrected chi connectivity index (χ4v) is 5.51. The van der Waals surface area contributed by atoms with Crippen molar-refractivity contribution in [3.05, 3.63) is 76.0 Å². The van der Waals surface area contributed by atoms with Gasteiger partial charge in [0.2, 0.25) is 22.7 Å². The van der Waals surface area contributed by atoms with Gasteiger partial charge in [-0.2, -0.15) is 11.3 Å². The highest BCUT2D eigenvalue weighted by Gasteiger charge is 2.22. The summed E-state index contributed by atoms with van der Waals surface area (Å²) in [5, 5.41) is 3.95. The summed E-state index contributed by atoms with van der Waals surface area (Å²) in [5.41, 5.74) is 2.85. The first kappa shape index (κ1) is 24.3. The van der Waals surface area contributed by atoms with Gasteiger partial charge in [0, 0.05) is 25.2 Å². The summed E-state index contributed by atoms with van der Waals surface area (Å²) >= 11 is 1.57. The number of sulfonamides is 1. The molecule has 0 bridgehead atoms. The monoisotopic (exact) mass is 500 g/mol. The lowest BCUT2D eigenvalue weighted by atomic mass is 10.1. The second kappa shape index (κ2) is 11.0. The quantitative estimate of drug-likeness (QED) is 0.431. The SMILES string of the molecule is CCCNS(=O)(=O)c1ccc(CCN(Cc2cccc3c2OCO3)C(=O)Cc2ccsc2)cc1. The summed E-state index contributed by atoms with van der Waals surface area (Å²) < 4.78 is 38.3. The molecule has 0 atom stereocenters. The first-order chi connectivity index (χ1) is 16.5. The smallest absolute Gasteiger partial charge is 0.240 e. The highest BCUT2D eigenvalue weighted by atomic mass is 32.2. The molecule has 7 nitrogen and oxygen atoms in total. The molecule has 1 aliphatic rings. The van der Waals surface area contributed by atoms with Gasteiger partial charge in [0.15, 0.2) is 11.5 Å². The Morgan fingerprint density at radius 1 is 1.09 bits per heavy atom. The van der Waals surface area contributed by atoms with Crippen LogP contribution >= 0.6 is 11.3 Å². The van der Waals surface area contributed by atoms with Crippen molar-refractivity contribution in [3.63, 3.8) is 0 Å². The van der Waals surface area contributed by atoms with Gasteiger partial charge in [0.25, 0.3) is 0 Å². The Labute approximate surface area is 204 Å². The van der Waals surface area contributed by atoms with Crippen molar-refractivity contribution in [1.29, 1.82) is 0 Å². The van der Waals surface area contributed by atoms with Crippen molar-refractivity contribution >= 4 is 27.3 Å². The van der Waals surface area contributed by atoms with Gasteiger partial charge in [0.05, 0.1) is 11.3 Å². The van der Waals surface area contributed by atoms with Crippen LogP contribution in [0.3, 0.4) is 0 Å². The predicted octanol–water partition coefficient (Wildman–Crippen LogP) is 3.98. The average Bonchev–Trinajstić information content (AvgIpc) is 3.53. The zero-order valence-electron chi connectivity index (χ0n) is 19.0. The topological polar surface area (TPSA) is 84.9 Å². The number of hydrogen-bond acceptors (Lipinski definition) is 6. The summed E-state index contributed by atoms with van der Waals surface area (Å²) in [4.78, 5) is 15.3. The molecule has 1 amide bonds.